The van der Waals surface area contributed by atoms with Gasteiger partial charge in [-0.2, -0.15) is 0 Å². The number of rotatable bonds is 6. The minimum atomic E-state index is -0.202. The zero-order chi connectivity index (χ0) is 18.4. The van der Waals surface area contributed by atoms with E-state index in [9.17, 15) is 9.59 Å². The van der Waals surface area contributed by atoms with Crippen molar-refractivity contribution in [3.8, 4) is 0 Å². The quantitative estimate of drug-likeness (QED) is 0.772. The Bertz CT molecular complexity index is 575. The second kappa shape index (κ2) is 8.99. The lowest BCUT2D eigenvalue weighted by atomic mass is 9.94. The SMILES string of the molecule is CC(=O)c1ccc(NC(=O)NC[C@H](C(C)C)N2CCC(C)CC2)cc1. The van der Waals surface area contributed by atoms with Crippen molar-refractivity contribution in [2.24, 2.45) is 11.8 Å². The van der Waals surface area contributed by atoms with E-state index in [0.717, 1.165) is 19.0 Å². The van der Waals surface area contributed by atoms with Crippen LogP contribution in [-0.2, 0) is 0 Å². The first-order valence-electron chi connectivity index (χ1n) is 9.26. The highest BCUT2D eigenvalue weighted by Gasteiger charge is 2.25. The smallest absolute Gasteiger partial charge is 0.319 e. The zero-order valence-corrected chi connectivity index (χ0v) is 15.8. The molecule has 0 saturated carbocycles. The molecule has 1 aromatic rings. The number of amides is 2. The average Bonchev–Trinajstić information content (AvgIpc) is 2.57. The highest BCUT2D eigenvalue weighted by atomic mass is 16.2. The van der Waals surface area contributed by atoms with E-state index in [-0.39, 0.29) is 11.8 Å². The van der Waals surface area contributed by atoms with Crippen LogP contribution in [0.3, 0.4) is 0 Å². The van der Waals surface area contributed by atoms with E-state index in [1.165, 1.54) is 19.8 Å². The molecule has 138 valence electrons. The van der Waals surface area contributed by atoms with Crippen molar-refractivity contribution in [3.63, 3.8) is 0 Å². The lowest BCUT2D eigenvalue weighted by molar-refractivity contribution is 0.101. The number of likely N-dealkylation sites (tertiary alicyclic amines) is 1. The number of hydrogen-bond acceptors (Lipinski definition) is 3. The molecule has 1 saturated heterocycles. The van der Waals surface area contributed by atoms with Gasteiger partial charge in [0.2, 0.25) is 0 Å². The Hall–Kier alpha value is -1.88. The van der Waals surface area contributed by atoms with Gasteiger partial charge < -0.3 is 10.6 Å². The van der Waals surface area contributed by atoms with Crippen molar-refractivity contribution >= 4 is 17.5 Å². The van der Waals surface area contributed by atoms with Crippen molar-refractivity contribution in [1.82, 2.24) is 10.2 Å². The summed E-state index contributed by atoms with van der Waals surface area (Å²) >= 11 is 0. The van der Waals surface area contributed by atoms with Gasteiger partial charge in [-0.25, -0.2) is 4.79 Å². The fraction of sp³-hybridized carbons (Fsp3) is 0.600. The fourth-order valence-electron chi connectivity index (χ4n) is 3.31. The molecule has 1 fully saturated rings. The Labute approximate surface area is 151 Å². The number of Topliss-reactive ketones (excluding diaryl/α,β-unsaturated/α-hetero) is 1. The van der Waals surface area contributed by atoms with Crippen LogP contribution in [-0.4, -0.2) is 42.4 Å². The van der Waals surface area contributed by atoms with Crippen molar-refractivity contribution in [3.05, 3.63) is 29.8 Å². The van der Waals surface area contributed by atoms with E-state index in [1.54, 1.807) is 24.3 Å². The molecule has 2 N–H and O–H groups in total. The molecule has 1 aliphatic rings. The second-order valence-corrected chi connectivity index (χ2v) is 7.50. The molecule has 2 amide bonds. The molecule has 0 spiro atoms. The monoisotopic (exact) mass is 345 g/mol. The molecule has 0 aromatic heterocycles. The Morgan fingerprint density at radius 2 is 1.76 bits per heavy atom. The van der Waals surface area contributed by atoms with Gasteiger partial charge in [0.25, 0.3) is 0 Å². The molecule has 1 aromatic carbocycles. The molecule has 25 heavy (non-hydrogen) atoms. The van der Waals surface area contributed by atoms with Gasteiger partial charge in [0.1, 0.15) is 0 Å². The summed E-state index contributed by atoms with van der Waals surface area (Å²) in [5.74, 6) is 1.31. The lowest BCUT2D eigenvalue weighted by Crippen LogP contribution is -2.50. The maximum absolute atomic E-state index is 12.2. The summed E-state index contributed by atoms with van der Waals surface area (Å²) in [6.45, 7) is 11.1. The van der Waals surface area contributed by atoms with E-state index in [2.05, 4.69) is 36.3 Å². The van der Waals surface area contributed by atoms with Crippen molar-refractivity contribution in [2.45, 2.75) is 46.6 Å². The van der Waals surface area contributed by atoms with Crippen LogP contribution < -0.4 is 10.6 Å². The maximum atomic E-state index is 12.2. The lowest BCUT2D eigenvalue weighted by Gasteiger charge is -2.38. The van der Waals surface area contributed by atoms with Crippen molar-refractivity contribution < 1.29 is 9.59 Å². The Balaban J connectivity index is 1.85. The number of benzene rings is 1. The molecule has 1 aliphatic heterocycles. The van der Waals surface area contributed by atoms with Gasteiger partial charge >= 0.3 is 6.03 Å². The van der Waals surface area contributed by atoms with Gasteiger partial charge in [-0.3, -0.25) is 9.69 Å². The van der Waals surface area contributed by atoms with E-state index in [4.69, 9.17) is 0 Å². The third-order valence-electron chi connectivity index (χ3n) is 5.08. The van der Waals surface area contributed by atoms with E-state index in [0.29, 0.717) is 29.8 Å². The Morgan fingerprint density at radius 1 is 1.16 bits per heavy atom. The highest BCUT2D eigenvalue weighted by molar-refractivity contribution is 5.95. The van der Waals surface area contributed by atoms with Gasteiger partial charge in [-0.1, -0.05) is 20.8 Å². The molecule has 1 atom stereocenters. The van der Waals surface area contributed by atoms with Crippen LogP contribution in [0.4, 0.5) is 10.5 Å². The Morgan fingerprint density at radius 3 is 2.28 bits per heavy atom. The highest BCUT2D eigenvalue weighted by Crippen LogP contribution is 2.21. The predicted molar refractivity (Wildman–Crippen MR) is 102 cm³/mol. The molecule has 0 aliphatic carbocycles. The third kappa shape index (κ3) is 5.85. The molecule has 0 bridgehead atoms. The number of nitrogens with one attached hydrogen (secondary N) is 2. The summed E-state index contributed by atoms with van der Waals surface area (Å²) in [6, 6.07) is 7.11. The van der Waals surface area contributed by atoms with Crippen LogP contribution in [0.25, 0.3) is 0 Å². The fourth-order valence-corrected chi connectivity index (χ4v) is 3.31. The minimum absolute atomic E-state index is 0.0200. The van der Waals surface area contributed by atoms with Crippen LogP contribution in [0.15, 0.2) is 24.3 Å². The first-order valence-corrected chi connectivity index (χ1v) is 9.26. The summed E-state index contributed by atoms with van der Waals surface area (Å²) in [7, 11) is 0. The number of carbonyl (C=O) groups is 2. The minimum Gasteiger partial charge on any atom is -0.336 e. The normalized spacial score (nSPS) is 17.3. The van der Waals surface area contributed by atoms with Crippen molar-refractivity contribution in [2.75, 3.05) is 25.0 Å². The molecular weight excluding hydrogens is 314 g/mol. The molecule has 5 heteroatoms. The van der Waals surface area contributed by atoms with Gasteiger partial charge in [-0.05, 0) is 69.0 Å². The summed E-state index contributed by atoms with van der Waals surface area (Å²) in [4.78, 5) is 26.0. The Kier molecular flexibility index (Phi) is 7.00. The van der Waals surface area contributed by atoms with E-state index in [1.807, 2.05) is 0 Å². The third-order valence-corrected chi connectivity index (χ3v) is 5.08. The predicted octanol–water partition coefficient (Wildman–Crippen LogP) is 3.77. The average molecular weight is 345 g/mol. The maximum Gasteiger partial charge on any atom is 0.319 e. The topological polar surface area (TPSA) is 61.4 Å². The van der Waals surface area contributed by atoms with Crippen LogP contribution in [0, 0.1) is 11.8 Å². The molecular formula is C20H31N3O2. The first-order chi connectivity index (χ1) is 11.9. The zero-order valence-electron chi connectivity index (χ0n) is 15.8. The van der Waals surface area contributed by atoms with Crippen LogP contribution in [0.2, 0.25) is 0 Å². The van der Waals surface area contributed by atoms with E-state index < -0.39 is 0 Å². The molecule has 1 heterocycles. The summed E-state index contributed by atoms with van der Waals surface area (Å²) in [5.41, 5.74) is 1.33. The number of nitrogens with zero attached hydrogens (tertiary/aromatic N) is 1. The number of hydrogen-bond donors (Lipinski definition) is 2. The summed E-state index contributed by atoms with van der Waals surface area (Å²) in [5, 5.41) is 5.83. The largest absolute Gasteiger partial charge is 0.336 e. The molecule has 0 radical (unpaired) electrons. The summed E-state index contributed by atoms with van der Waals surface area (Å²) < 4.78 is 0. The van der Waals surface area contributed by atoms with Gasteiger partial charge in [0, 0.05) is 23.8 Å². The number of anilines is 1. The number of carbonyl (C=O) groups excluding carboxylic acids is 2. The van der Waals surface area contributed by atoms with Gasteiger partial charge in [0.15, 0.2) is 5.78 Å². The second-order valence-electron chi connectivity index (χ2n) is 7.50. The van der Waals surface area contributed by atoms with Gasteiger partial charge in [0.05, 0.1) is 0 Å². The van der Waals surface area contributed by atoms with Crippen LogP contribution in [0.5, 0.6) is 0 Å². The summed E-state index contributed by atoms with van der Waals surface area (Å²) in [6.07, 6.45) is 2.47. The van der Waals surface area contributed by atoms with Crippen molar-refractivity contribution in [1.29, 1.82) is 0 Å². The van der Waals surface area contributed by atoms with Gasteiger partial charge in [-0.15, -0.1) is 0 Å². The van der Waals surface area contributed by atoms with Crippen LogP contribution in [0.1, 0.15) is 50.9 Å². The number of piperidine rings is 1. The number of urea groups is 1. The molecule has 0 unspecified atom stereocenters. The molecule has 2 rings (SSSR count). The van der Waals surface area contributed by atoms with Crippen LogP contribution >= 0.6 is 0 Å². The first kappa shape index (κ1) is 19.4. The molecule has 5 nitrogen and oxygen atoms in total. The number of ketones is 1. The standard InChI is InChI=1S/C20H31N3O2/c1-14(2)19(23-11-9-15(3)10-12-23)13-21-20(25)22-18-7-5-17(6-8-18)16(4)24/h5-8,14-15,19H,9-13H2,1-4H3,(H2,21,22,25)/t19-/m1/s1. The van der Waals surface area contributed by atoms with E-state index >= 15 is 0 Å².